The zero-order valence-corrected chi connectivity index (χ0v) is 13.8. The Labute approximate surface area is 137 Å². The smallest absolute Gasteiger partial charge is 0.0707 e. The van der Waals surface area contributed by atoms with Crippen LogP contribution < -0.4 is 4.90 Å². The first kappa shape index (κ1) is 13.0. The summed E-state index contributed by atoms with van der Waals surface area (Å²) in [5.74, 6) is 1.05. The van der Waals surface area contributed by atoms with Gasteiger partial charge in [0, 0.05) is 42.7 Å². The van der Waals surface area contributed by atoms with Crippen LogP contribution in [0.5, 0.6) is 0 Å². The highest BCUT2D eigenvalue weighted by atomic mass is 16.3. The Morgan fingerprint density at radius 3 is 2.91 bits per heavy atom. The van der Waals surface area contributed by atoms with Crippen LogP contribution in [0.25, 0.3) is 0 Å². The Morgan fingerprint density at radius 1 is 1.26 bits per heavy atom. The summed E-state index contributed by atoms with van der Waals surface area (Å²) in [5.41, 5.74) is 4.32. The maximum Gasteiger partial charge on any atom is 0.0707 e. The highest BCUT2D eigenvalue weighted by Crippen LogP contribution is 2.67. The third-order valence-electron chi connectivity index (χ3n) is 8.00. The number of aliphatic hydroxyl groups excluding tert-OH is 1. The van der Waals surface area contributed by atoms with E-state index in [4.69, 9.17) is 0 Å². The van der Waals surface area contributed by atoms with E-state index in [-0.39, 0.29) is 11.5 Å². The predicted molar refractivity (Wildman–Crippen MR) is 90.6 cm³/mol. The van der Waals surface area contributed by atoms with Gasteiger partial charge in [-0.25, -0.2) is 0 Å². The van der Waals surface area contributed by atoms with E-state index in [1.807, 2.05) is 0 Å². The zero-order valence-electron chi connectivity index (χ0n) is 13.8. The van der Waals surface area contributed by atoms with E-state index in [1.165, 1.54) is 17.7 Å². The molecule has 6 aliphatic rings. The summed E-state index contributed by atoms with van der Waals surface area (Å²) in [4.78, 5) is 5.25. The first-order valence-electron chi connectivity index (χ1n) is 9.09. The molecule has 1 aliphatic carbocycles. The van der Waals surface area contributed by atoms with Crippen LogP contribution >= 0.6 is 0 Å². The minimum absolute atomic E-state index is 0.0280. The number of nitrogens with zero attached hydrogens (tertiary/aromatic N) is 2. The number of hydrogen-bond acceptors (Lipinski definition) is 3. The minimum Gasteiger partial charge on any atom is -0.392 e. The number of hydrogen-bond donors (Lipinski definition) is 1. The van der Waals surface area contributed by atoms with Crippen LogP contribution in [0.4, 0.5) is 5.69 Å². The molecule has 3 nitrogen and oxygen atoms in total. The summed E-state index contributed by atoms with van der Waals surface area (Å²) in [6, 6.07) is 10.5. The van der Waals surface area contributed by atoms with Crippen LogP contribution in [0.2, 0.25) is 0 Å². The van der Waals surface area contributed by atoms with Gasteiger partial charge >= 0.3 is 0 Å². The zero-order chi connectivity index (χ0) is 15.5. The van der Waals surface area contributed by atoms with Crippen molar-refractivity contribution >= 4 is 5.69 Å². The second kappa shape index (κ2) is 3.84. The number of likely N-dealkylation sites (N-methyl/N-ethyl adjacent to an activating group) is 1. The topological polar surface area (TPSA) is 26.7 Å². The number of benzene rings is 1. The summed E-state index contributed by atoms with van der Waals surface area (Å²) in [5, 5.41) is 11.6. The molecule has 120 valence electrons. The van der Waals surface area contributed by atoms with Crippen LogP contribution in [-0.2, 0) is 5.41 Å². The highest BCUT2D eigenvalue weighted by molar-refractivity contribution is 5.67. The Balaban J connectivity index is 1.62. The molecule has 0 aromatic heterocycles. The fraction of sp³-hybridized carbons (Fsp3) is 0.600. The third-order valence-corrected chi connectivity index (χ3v) is 8.00. The lowest BCUT2D eigenvalue weighted by Gasteiger charge is -2.58. The molecule has 5 bridgehead atoms. The van der Waals surface area contributed by atoms with Crippen molar-refractivity contribution in [2.24, 2.45) is 11.8 Å². The first-order valence-corrected chi connectivity index (χ1v) is 9.09. The lowest BCUT2D eigenvalue weighted by molar-refractivity contribution is -0.0345. The summed E-state index contributed by atoms with van der Waals surface area (Å²) in [7, 11) is 2.25. The quantitative estimate of drug-likeness (QED) is 0.744. The van der Waals surface area contributed by atoms with E-state index < -0.39 is 0 Å². The number of aliphatic hydroxyl groups is 1. The van der Waals surface area contributed by atoms with E-state index in [1.54, 1.807) is 5.57 Å². The lowest BCUT2D eigenvalue weighted by atomic mass is 9.65. The van der Waals surface area contributed by atoms with Crippen molar-refractivity contribution in [2.75, 3.05) is 18.5 Å². The van der Waals surface area contributed by atoms with Crippen molar-refractivity contribution in [3.63, 3.8) is 0 Å². The second-order valence-corrected chi connectivity index (χ2v) is 8.35. The van der Waals surface area contributed by atoms with Gasteiger partial charge in [0.25, 0.3) is 0 Å². The van der Waals surface area contributed by atoms with Gasteiger partial charge in [-0.1, -0.05) is 29.8 Å². The Kier molecular flexibility index (Phi) is 2.17. The highest BCUT2D eigenvalue weighted by Gasteiger charge is 2.74. The molecule has 1 N–H and O–H groups in total. The molecule has 5 heterocycles. The Bertz CT molecular complexity index is 743. The third kappa shape index (κ3) is 1.17. The van der Waals surface area contributed by atoms with Gasteiger partial charge < -0.3 is 10.0 Å². The van der Waals surface area contributed by atoms with Crippen LogP contribution in [0, 0.1) is 11.8 Å². The maximum atomic E-state index is 11.6. The molecule has 7 rings (SSSR count). The number of piperidine rings is 4. The maximum absolute atomic E-state index is 11.6. The molecule has 4 saturated heterocycles. The van der Waals surface area contributed by atoms with E-state index in [0.29, 0.717) is 30.0 Å². The van der Waals surface area contributed by atoms with Crippen molar-refractivity contribution < 1.29 is 5.11 Å². The number of allylic oxidation sites excluding steroid dienone is 1. The lowest BCUT2D eigenvalue weighted by Crippen LogP contribution is -2.68. The van der Waals surface area contributed by atoms with Gasteiger partial charge in [0.2, 0.25) is 0 Å². The first-order chi connectivity index (χ1) is 11.2. The largest absolute Gasteiger partial charge is 0.392 e. The molecule has 23 heavy (non-hydrogen) atoms. The minimum atomic E-state index is -0.196. The van der Waals surface area contributed by atoms with Gasteiger partial charge in [0.05, 0.1) is 12.1 Å². The van der Waals surface area contributed by atoms with Crippen LogP contribution in [0.3, 0.4) is 0 Å². The molecular formula is C20H24N2O. The van der Waals surface area contributed by atoms with Crippen molar-refractivity contribution in [3.05, 3.63) is 41.5 Å². The van der Waals surface area contributed by atoms with Gasteiger partial charge in [-0.3, -0.25) is 4.90 Å². The average molecular weight is 308 g/mol. The van der Waals surface area contributed by atoms with Gasteiger partial charge in [0.15, 0.2) is 0 Å². The Morgan fingerprint density at radius 2 is 2.09 bits per heavy atom. The molecule has 8 atom stereocenters. The van der Waals surface area contributed by atoms with Crippen molar-refractivity contribution in [2.45, 2.75) is 49.4 Å². The summed E-state index contributed by atoms with van der Waals surface area (Å²) < 4.78 is 0. The number of anilines is 1. The van der Waals surface area contributed by atoms with Crippen LogP contribution in [0.15, 0.2) is 35.9 Å². The van der Waals surface area contributed by atoms with Crippen molar-refractivity contribution in [3.8, 4) is 0 Å². The van der Waals surface area contributed by atoms with Gasteiger partial charge in [-0.05, 0) is 37.3 Å². The summed E-state index contributed by atoms with van der Waals surface area (Å²) in [6.07, 6.45) is 4.51. The molecule has 1 aromatic rings. The second-order valence-electron chi connectivity index (χ2n) is 8.35. The van der Waals surface area contributed by atoms with E-state index in [2.05, 4.69) is 54.1 Å². The fourth-order valence-electron chi connectivity index (χ4n) is 7.35. The molecule has 1 unspecified atom stereocenters. The van der Waals surface area contributed by atoms with Crippen LogP contribution in [-0.4, -0.2) is 47.8 Å². The number of rotatable bonds is 0. The summed E-state index contributed by atoms with van der Waals surface area (Å²) >= 11 is 0. The Hall–Kier alpha value is -1.32. The molecule has 0 radical (unpaired) electrons. The normalized spacial score (nSPS) is 53.1. The van der Waals surface area contributed by atoms with E-state index >= 15 is 0 Å². The molecule has 5 fully saturated rings. The van der Waals surface area contributed by atoms with Crippen molar-refractivity contribution in [1.82, 2.24) is 4.90 Å². The van der Waals surface area contributed by atoms with Crippen molar-refractivity contribution in [1.29, 1.82) is 0 Å². The van der Waals surface area contributed by atoms with E-state index in [0.717, 1.165) is 13.0 Å². The SMILES string of the molecule is CC=C1CN2[C@H]3C[C@@]45c6ccccc6N(C)[C@H]4[C@@H]2C[C@@H]1[C@@H]3[C@@H]5O. The predicted octanol–water partition coefficient (Wildman–Crippen LogP) is 2.16. The van der Waals surface area contributed by atoms with E-state index in [9.17, 15) is 5.11 Å². The van der Waals surface area contributed by atoms with Gasteiger partial charge in [-0.15, -0.1) is 0 Å². The number of para-hydroxylation sites is 1. The standard InChI is InChI=1S/C20H24N2O/c1-3-11-10-22-15-8-12(11)17-16(22)9-20(19(17)23)13-6-4-5-7-14(13)21(2)18(15)20/h3-7,12,15-19,23H,8-10H2,1-2H3/t12-,15-,16-,17-,18-,19-,20+/m0/s1. The van der Waals surface area contributed by atoms with Crippen LogP contribution in [0.1, 0.15) is 25.3 Å². The number of fused-ring (bicyclic) bond motifs is 2. The molecule has 1 aromatic carbocycles. The fourth-order valence-corrected chi connectivity index (χ4v) is 7.35. The molecule has 1 spiro atoms. The summed E-state index contributed by atoms with van der Waals surface area (Å²) in [6.45, 7) is 3.31. The molecule has 3 heteroatoms. The molecule has 5 aliphatic heterocycles. The molecule has 0 amide bonds. The molecule has 1 saturated carbocycles. The van der Waals surface area contributed by atoms with Gasteiger partial charge in [-0.2, -0.15) is 0 Å². The molecular weight excluding hydrogens is 284 g/mol. The van der Waals surface area contributed by atoms with Gasteiger partial charge in [0.1, 0.15) is 0 Å². The monoisotopic (exact) mass is 308 g/mol. The average Bonchev–Trinajstić information content (AvgIpc) is 2.98.